The number of benzene rings is 1. The largest absolute Gasteiger partial charge is 0.378 e. The second-order valence-electron chi connectivity index (χ2n) is 5.27. The van der Waals surface area contributed by atoms with Crippen LogP contribution >= 0.6 is 0 Å². The normalized spacial score (nSPS) is 14.3. The Bertz CT molecular complexity index is 329. The van der Waals surface area contributed by atoms with Gasteiger partial charge in [0.1, 0.15) is 0 Å². The topological polar surface area (TPSA) is 15.3 Å². The zero-order valence-corrected chi connectivity index (χ0v) is 12.5. The fourth-order valence-corrected chi connectivity index (χ4v) is 2.26. The Morgan fingerprint density at radius 3 is 2.17 bits per heavy atom. The third-order valence-electron chi connectivity index (χ3n) is 3.53. The molecule has 0 fully saturated rings. The van der Waals surface area contributed by atoms with Crippen molar-refractivity contribution in [2.45, 2.75) is 52.1 Å². The predicted octanol–water partition coefficient (Wildman–Crippen LogP) is 3.98. The van der Waals surface area contributed by atoms with Gasteiger partial charge in [-0.05, 0) is 37.5 Å². The first kappa shape index (κ1) is 15.0. The molecule has 2 nitrogen and oxygen atoms in total. The van der Waals surface area contributed by atoms with E-state index in [1.165, 1.54) is 30.5 Å². The van der Waals surface area contributed by atoms with Gasteiger partial charge in [0.05, 0.1) is 0 Å². The van der Waals surface area contributed by atoms with E-state index in [1.807, 2.05) is 0 Å². The summed E-state index contributed by atoms with van der Waals surface area (Å²) in [7, 11) is 4.15. The maximum atomic E-state index is 3.72. The van der Waals surface area contributed by atoms with Crippen molar-refractivity contribution < 1.29 is 0 Å². The van der Waals surface area contributed by atoms with Crippen molar-refractivity contribution in [3.8, 4) is 0 Å². The monoisotopic (exact) mass is 248 g/mol. The Morgan fingerprint density at radius 1 is 1.11 bits per heavy atom. The van der Waals surface area contributed by atoms with E-state index in [4.69, 9.17) is 0 Å². The minimum atomic E-state index is 0.428. The lowest BCUT2D eigenvalue weighted by Crippen LogP contribution is -2.30. The summed E-state index contributed by atoms with van der Waals surface area (Å²) in [6, 6.07) is 9.90. The number of hydrogen-bond donors (Lipinski definition) is 1. The van der Waals surface area contributed by atoms with Gasteiger partial charge in [-0.2, -0.15) is 0 Å². The summed E-state index contributed by atoms with van der Waals surface area (Å²) in [6.07, 6.45) is 3.71. The SMILES string of the molecule is CCCC(CC)NC(C)c1ccc(N(C)C)cc1. The van der Waals surface area contributed by atoms with Crippen LogP contribution in [0.2, 0.25) is 0 Å². The Morgan fingerprint density at radius 2 is 1.72 bits per heavy atom. The molecule has 1 aromatic carbocycles. The zero-order valence-electron chi connectivity index (χ0n) is 12.5. The molecule has 0 aliphatic rings. The second kappa shape index (κ2) is 7.42. The first-order chi connectivity index (χ1) is 8.58. The van der Waals surface area contributed by atoms with E-state index < -0.39 is 0 Å². The van der Waals surface area contributed by atoms with Crippen molar-refractivity contribution in [3.05, 3.63) is 29.8 Å². The molecular weight excluding hydrogens is 220 g/mol. The van der Waals surface area contributed by atoms with E-state index in [0.29, 0.717) is 12.1 Å². The molecule has 0 bridgehead atoms. The highest BCUT2D eigenvalue weighted by molar-refractivity contribution is 5.46. The van der Waals surface area contributed by atoms with Crippen LogP contribution in [0.25, 0.3) is 0 Å². The van der Waals surface area contributed by atoms with Gasteiger partial charge in [0.25, 0.3) is 0 Å². The molecule has 0 spiro atoms. The highest BCUT2D eigenvalue weighted by Gasteiger charge is 2.11. The molecule has 0 amide bonds. The Balaban J connectivity index is 2.63. The Kier molecular flexibility index (Phi) is 6.20. The number of rotatable bonds is 7. The van der Waals surface area contributed by atoms with E-state index >= 15 is 0 Å². The lowest BCUT2D eigenvalue weighted by Gasteiger charge is -2.23. The van der Waals surface area contributed by atoms with E-state index in [0.717, 1.165) is 0 Å². The van der Waals surface area contributed by atoms with Gasteiger partial charge in [-0.15, -0.1) is 0 Å². The van der Waals surface area contributed by atoms with E-state index in [1.54, 1.807) is 0 Å². The van der Waals surface area contributed by atoms with E-state index in [-0.39, 0.29) is 0 Å². The van der Waals surface area contributed by atoms with Crippen LogP contribution in [0.5, 0.6) is 0 Å². The summed E-state index contributed by atoms with van der Waals surface area (Å²) in [5.74, 6) is 0. The van der Waals surface area contributed by atoms with Crippen LogP contribution in [0, 0.1) is 0 Å². The smallest absolute Gasteiger partial charge is 0.0361 e. The molecule has 0 heterocycles. The summed E-state index contributed by atoms with van der Waals surface area (Å²) in [5, 5.41) is 3.72. The summed E-state index contributed by atoms with van der Waals surface area (Å²) in [4.78, 5) is 2.13. The molecule has 2 heteroatoms. The van der Waals surface area contributed by atoms with Crippen LogP contribution < -0.4 is 10.2 Å². The lowest BCUT2D eigenvalue weighted by molar-refractivity contribution is 0.417. The Labute approximate surface area is 112 Å². The van der Waals surface area contributed by atoms with Gasteiger partial charge < -0.3 is 10.2 Å². The molecule has 0 saturated heterocycles. The first-order valence-corrected chi connectivity index (χ1v) is 7.11. The molecule has 18 heavy (non-hydrogen) atoms. The molecule has 0 saturated carbocycles. The first-order valence-electron chi connectivity index (χ1n) is 7.11. The maximum absolute atomic E-state index is 3.72. The van der Waals surface area contributed by atoms with Crippen LogP contribution in [-0.4, -0.2) is 20.1 Å². The summed E-state index contributed by atoms with van der Waals surface area (Å²) in [6.45, 7) is 6.76. The minimum Gasteiger partial charge on any atom is -0.378 e. The van der Waals surface area contributed by atoms with Crippen LogP contribution in [-0.2, 0) is 0 Å². The van der Waals surface area contributed by atoms with Crippen molar-refractivity contribution in [2.24, 2.45) is 0 Å². The molecular formula is C16H28N2. The highest BCUT2D eigenvalue weighted by Crippen LogP contribution is 2.19. The van der Waals surface area contributed by atoms with Gasteiger partial charge in [0.15, 0.2) is 0 Å². The molecule has 102 valence electrons. The van der Waals surface area contributed by atoms with Gasteiger partial charge in [-0.3, -0.25) is 0 Å². The molecule has 2 atom stereocenters. The van der Waals surface area contributed by atoms with Gasteiger partial charge in [-0.25, -0.2) is 0 Å². The fourth-order valence-electron chi connectivity index (χ4n) is 2.26. The average Bonchev–Trinajstić information content (AvgIpc) is 2.38. The lowest BCUT2D eigenvalue weighted by atomic mass is 10.0. The van der Waals surface area contributed by atoms with Crippen LogP contribution in [0.4, 0.5) is 5.69 Å². The number of anilines is 1. The van der Waals surface area contributed by atoms with E-state index in [2.05, 4.69) is 69.3 Å². The quantitative estimate of drug-likeness (QED) is 0.785. The third kappa shape index (κ3) is 4.34. The van der Waals surface area contributed by atoms with Crippen LogP contribution in [0.3, 0.4) is 0 Å². The molecule has 1 aromatic rings. The van der Waals surface area contributed by atoms with Crippen molar-refractivity contribution in [1.82, 2.24) is 5.32 Å². The molecule has 0 aliphatic heterocycles. The number of nitrogens with zero attached hydrogens (tertiary/aromatic N) is 1. The van der Waals surface area contributed by atoms with Gasteiger partial charge in [0.2, 0.25) is 0 Å². The fraction of sp³-hybridized carbons (Fsp3) is 0.625. The summed E-state index contributed by atoms with van der Waals surface area (Å²) < 4.78 is 0. The molecule has 2 unspecified atom stereocenters. The summed E-state index contributed by atoms with van der Waals surface area (Å²) >= 11 is 0. The van der Waals surface area contributed by atoms with Crippen molar-refractivity contribution >= 4 is 5.69 Å². The molecule has 0 aromatic heterocycles. The minimum absolute atomic E-state index is 0.428. The highest BCUT2D eigenvalue weighted by atomic mass is 15.1. The molecule has 1 N–H and O–H groups in total. The van der Waals surface area contributed by atoms with Crippen molar-refractivity contribution in [3.63, 3.8) is 0 Å². The van der Waals surface area contributed by atoms with Gasteiger partial charge in [-0.1, -0.05) is 32.4 Å². The number of hydrogen-bond acceptors (Lipinski definition) is 2. The van der Waals surface area contributed by atoms with Gasteiger partial charge in [0, 0.05) is 31.9 Å². The van der Waals surface area contributed by atoms with Crippen LogP contribution in [0.15, 0.2) is 24.3 Å². The predicted molar refractivity (Wildman–Crippen MR) is 81.3 cm³/mol. The van der Waals surface area contributed by atoms with Gasteiger partial charge >= 0.3 is 0 Å². The van der Waals surface area contributed by atoms with E-state index in [9.17, 15) is 0 Å². The molecule has 1 rings (SSSR count). The Hall–Kier alpha value is -1.02. The second-order valence-corrected chi connectivity index (χ2v) is 5.27. The average molecular weight is 248 g/mol. The number of nitrogens with one attached hydrogen (secondary N) is 1. The maximum Gasteiger partial charge on any atom is 0.0361 e. The van der Waals surface area contributed by atoms with Crippen LogP contribution in [0.1, 0.15) is 51.6 Å². The standard InChI is InChI=1S/C16H28N2/c1-6-8-15(7-2)17-13(3)14-9-11-16(12-10-14)18(4)5/h9-13,15,17H,6-8H2,1-5H3. The van der Waals surface area contributed by atoms with Crippen molar-refractivity contribution in [2.75, 3.05) is 19.0 Å². The molecule has 0 radical (unpaired) electrons. The summed E-state index contributed by atoms with van der Waals surface area (Å²) in [5.41, 5.74) is 2.63. The van der Waals surface area contributed by atoms with Crippen molar-refractivity contribution in [1.29, 1.82) is 0 Å². The third-order valence-corrected chi connectivity index (χ3v) is 3.53. The molecule has 0 aliphatic carbocycles. The zero-order chi connectivity index (χ0) is 13.5.